The molecule has 0 bridgehead atoms. The van der Waals surface area contributed by atoms with Crippen LogP contribution in [0.4, 0.5) is 22.0 Å². The van der Waals surface area contributed by atoms with E-state index in [0.29, 0.717) is 0 Å². The highest BCUT2D eigenvalue weighted by Crippen LogP contribution is 2.22. The highest BCUT2D eigenvalue weighted by molar-refractivity contribution is 6.09. The third-order valence-electron chi connectivity index (χ3n) is 1.57. The zero-order valence-electron chi connectivity index (χ0n) is 6.88. The molecule has 6 heteroatoms. The van der Waals surface area contributed by atoms with Crippen molar-refractivity contribution in [2.24, 2.45) is 0 Å². The molecule has 0 saturated heterocycles. The van der Waals surface area contributed by atoms with Crippen molar-refractivity contribution in [1.29, 1.82) is 0 Å². The summed E-state index contributed by atoms with van der Waals surface area (Å²) in [6.45, 7) is 0. The van der Waals surface area contributed by atoms with Crippen LogP contribution in [0.15, 0.2) is 0 Å². The van der Waals surface area contributed by atoms with E-state index in [1.54, 1.807) is 0 Å². The smallest absolute Gasteiger partial charge is 0.241 e. The third-order valence-corrected chi connectivity index (χ3v) is 1.57. The molecule has 0 aliphatic rings. The molecule has 78 valence electrons. The maximum atomic E-state index is 12.8. The van der Waals surface area contributed by atoms with Crippen LogP contribution < -0.4 is 0 Å². The maximum Gasteiger partial charge on any atom is 0.241 e. The summed E-state index contributed by atoms with van der Waals surface area (Å²) in [6.07, 6.45) is 4.51. The van der Waals surface area contributed by atoms with E-state index in [4.69, 9.17) is 0 Å². The number of rotatable bonds is 1. The minimum atomic E-state index is -2.33. The monoisotopic (exact) mass is 220 g/mol. The normalized spacial score (nSPS) is 9.87. The van der Waals surface area contributed by atoms with Crippen molar-refractivity contribution < 1.29 is 26.7 Å². The number of carbonyl (C=O) groups is 1. The molecule has 0 aliphatic heterocycles. The predicted octanol–water partition coefficient (Wildman–Crippen LogP) is 2.20. The Hall–Kier alpha value is -1.90. The molecule has 0 amide bonds. The number of hydrogen-bond acceptors (Lipinski definition) is 1. The van der Waals surface area contributed by atoms with Gasteiger partial charge in [0.2, 0.25) is 11.6 Å². The SMILES string of the molecule is C#CC(=O)c1c(F)c(F)c(F)c(F)c1F. The van der Waals surface area contributed by atoms with Crippen LogP contribution in [0.3, 0.4) is 0 Å². The molecule has 0 saturated carbocycles. The molecule has 0 heterocycles. The predicted molar refractivity (Wildman–Crippen MR) is 39.4 cm³/mol. The summed E-state index contributed by atoms with van der Waals surface area (Å²) >= 11 is 0. The summed E-state index contributed by atoms with van der Waals surface area (Å²) < 4.78 is 63.1. The Morgan fingerprint density at radius 2 is 1.20 bits per heavy atom. The van der Waals surface area contributed by atoms with Crippen LogP contribution in [0.2, 0.25) is 0 Å². The van der Waals surface area contributed by atoms with Crippen molar-refractivity contribution in [1.82, 2.24) is 0 Å². The Bertz CT molecular complexity index is 457. The molecule has 0 N–H and O–H groups in total. The third kappa shape index (κ3) is 1.56. The van der Waals surface area contributed by atoms with Gasteiger partial charge < -0.3 is 0 Å². The van der Waals surface area contributed by atoms with E-state index in [1.165, 1.54) is 5.92 Å². The molecule has 0 aromatic heterocycles. The van der Waals surface area contributed by atoms with Gasteiger partial charge in [-0.3, -0.25) is 4.79 Å². The van der Waals surface area contributed by atoms with Crippen LogP contribution in [-0.2, 0) is 0 Å². The summed E-state index contributed by atoms with van der Waals surface area (Å²) in [5.74, 6) is -11.5. The van der Waals surface area contributed by atoms with Crippen molar-refractivity contribution >= 4 is 5.78 Å². The maximum absolute atomic E-state index is 12.8. The van der Waals surface area contributed by atoms with Crippen molar-refractivity contribution in [2.45, 2.75) is 0 Å². The summed E-state index contributed by atoms with van der Waals surface area (Å²) in [5, 5.41) is 0. The average Bonchev–Trinajstić information content (AvgIpc) is 2.23. The fraction of sp³-hybridized carbons (Fsp3) is 0. The van der Waals surface area contributed by atoms with E-state index in [9.17, 15) is 26.7 Å². The van der Waals surface area contributed by atoms with E-state index >= 15 is 0 Å². The van der Waals surface area contributed by atoms with E-state index < -0.39 is 40.4 Å². The van der Waals surface area contributed by atoms with Crippen molar-refractivity contribution in [3.8, 4) is 12.3 Å². The van der Waals surface area contributed by atoms with Gasteiger partial charge in [0, 0.05) is 0 Å². The number of carbonyl (C=O) groups excluding carboxylic acids is 1. The lowest BCUT2D eigenvalue weighted by Gasteiger charge is -2.03. The van der Waals surface area contributed by atoms with Gasteiger partial charge in [-0.05, 0) is 5.92 Å². The molecule has 0 radical (unpaired) electrons. The first kappa shape index (κ1) is 11.2. The zero-order valence-corrected chi connectivity index (χ0v) is 6.88. The number of hydrogen-bond donors (Lipinski definition) is 0. The van der Waals surface area contributed by atoms with E-state index in [-0.39, 0.29) is 0 Å². The molecule has 1 aromatic carbocycles. The first-order valence-corrected chi connectivity index (χ1v) is 3.44. The second kappa shape index (κ2) is 3.69. The van der Waals surface area contributed by atoms with Crippen LogP contribution in [-0.4, -0.2) is 5.78 Å². The number of Topliss-reactive ketones (excluding diaryl/α,β-unsaturated/α-hetero) is 1. The quantitative estimate of drug-likeness (QED) is 0.177. The first-order chi connectivity index (χ1) is 6.91. The topological polar surface area (TPSA) is 17.1 Å². The van der Waals surface area contributed by atoms with Gasteiger partial charge in [0.05, 0.1) is 0 Å². The number of terminal acetylenes is 1. The Morgan fingerprint density at radius 3 is 1.53 bits per heavy atom. The fourth-order valence-corrected chi connectivity index (χ4v) is 0.876. The summed E-state index contributed by atoms with van der Waals surface area (Å²) in [4.78, 5) is 10.7. The minimum absolute atomic E-state index is 1.26. The summed E-state index contributed by atoms with van der Waals surface area (Å²) in [7, 11) is 0. The Balaban J connectivity index is 3.69. The first-order valence-electron chi connectivity index (χ1n) is 3.44. The van der Waals surface area contributed by atoms with Gasteiger partial charge in [0.15, 0.2) is 23.3 Å². The average molecular weight is 220 g/mol. The lowest BCUT2D eigenvalue weighted by molar-refractivity contribution is 0.104. The van der Waals surface area contributed by atoms with Gasteiger partial charge in [-0.1, -0.05) is 0 Å². The Kier molecular flexibility index (Phi) is 2.75. The molecule has 0 atom stereocenters. The Morgan fingerprint density at radius 1 is 0.867 bits per heavy atom. The molecular formula is C9HF5O. The lowest BCUT2D eigenvalue weighted by Crippen LogP contribution is -2.11. The molecule has 0 spiro atoms. The number of ketones is 1. The Labute approximate surface area is 80.5 Å². The lowest BCUT2D eigenvalue weighted by atomic mass is 10.1. The van der Waals surface area contributed by atoms with Crippen LogP contribution >= 0.6 is 0 Å². The van der Waals surface area contributed by atoms with Gasteiger partial charge >= 0.3 is 0 Å². The van der Waals surface area contributed by atoms with Gasteiger partial charge in [-0.25, -0.2) is 22.0 Å². The molecule has 0 fully saturated rings. The largest absolute Gasteiger partial charge is 0.279 e. The van der Waals surface area contributed by atoms with Gasteiger partial charge in [0.25, 0.3) is 0 Å². The van der Waals surface area contributed by atoms with Crippen molar-refractivity contribution in [2.75, 3.05) is 0 Å². The summed E-state index contributed by atoms with van der Waals surface area (Å²) in [6, 6.07) is 0. The number of benzene rings is 1. The van der Waals surface area contributed by atoms with Gasteiger partial charge in [-0.2, -0.15) is 0 Å². The molecule has 0 unspecified atom stereocenters. The number of halogens is 5. The highest BCUT2D eigenvalue weighted by Gasteiger charge is 2.28. The van der Waals surface area contributed by atoms with E-state index in [0.717, 1.165) is 0 Å². The zero-order chi connectivity index (χ0) is 11.7. The summed E-state index contributed by atoms with van der Waals surface area (Å²) in [5.41, 5.74) is -1.62. The molecule has 0 aliphatic carbocycles. The van der Waals surface area contributed by atoms with E-state index in [1.807, 2.05) is 0 Å². The van der Waals surface area contributed by atoms with Crippen LogP contribution in [0.25, 0.3) is 0 Å². The fourth-order valence-electron chi connectivity index (χ4n) is 0.876. The molecule has 1 aromatic rings. The van der Waals surface area contributed by atoms with Crippen molar-refractivity contribution in [3.05, 3.63) is 34.6 Å². The van der Waals surface area contributed by atoms with E-state index in [2.05, 4.69) is 6.42 Å². The highest BCUT2D eigenvalue weighted by atomic mass is 19.2. The molecular weight excluding hydrogens is 219 g/mol. The second-order valence-electron chi connectivity index (χ2n) is 2.42. The van der Waals surface area contributed by atoms with Gasteiger partial charge in [-0.15, -0.1) is 6.42 Å². The van der Waals surface area contributed by atoms with Crippen LogP contribution in [0.5, 0.6) is 0 Å². The van der Waals surface area contributed by atoms with Crippen LogP contribution in [0.1, 0.15) is 10.4 Å². The minimum Gasteiger partial charge on any atom is -0.279 e. The van der Waals surface area contributed by atoms with Gasteiger partial charge in [0.1, 0.15) is 5.56 Å². The van der Waals surface area contributed by atoms with Crippen molar-refractivity contribution in [3.63, 3.8) is 0 Å². The van der Waals surface area contributed by atoms with Crippen LogP contribution in [0, 0.1) is 41.4 Å². The second-order valence-corrected chi connectivity index (χ2v) is 2.42. The molecule has 1 rings (SSSR count). The molecule has 1 nitrogen and oxygen atoms in total. The standard InChI is InChI=1S/C9HF5O/c1-2-3(15)4-5(10)7(12)9(14)8(13)6(4)11/h1H. The molecule has 15 heavy (non-hydrogen) atoms.